The van der Waals surface area contributed by atoms with Gasteiger partial charge in [-0.3, -0.25) is 9.69 Å². The van der Waals surface area contributed by atoms with Gasteiger partial charge in [0, 0.05) is 10.5 Å². The molecule has 1 rings (SSSR count). The zero-order valence-electron chi connectivity index (χ0n) is 15.3. The summed E-state index contributed by atoms with van der Waals surface area (Å²) in [7, 11) is 0. The van der Waals surface area contributed by atoms with Crippen LogP contribution in [0.2, 0.25) is 0 Å². The summed E-state index contributed by atoms with van der Waals surface area (Å²) >= 11 is 3.59. The minimum atomic E-state index is -0.842. The summed E-state index contributed by atoms with van der Waals surface area (Å²) in [5.74, 6) is -0.0631. The van der Waals surface area contributed by atoms with Gasteiger partial charge in [-0.25, -0.2) is 0 Å². The van der Waals surface area contributed by atoms with Crippen molar-refractivity contribution in [3.05, 3.63) is 34.3 Å². The molecule has 1 amide bonds. The monoisotopic (exact) mass is 393 g/mol. The number of carbonyl (C=O) groups excluding carboxylic acids is 1. The number of nitrogens with one attached hydrogen (secondary N) is 1. The number of benzene rings is 1. The second kappa shape index (κ2) is 9.19. The lowest BCUT2D eigenvalue weighted by molar-refractivity contribution is -0.124. The van der Waals surface area contributed by atoms with Crippen molar-refractivity contribution >= 4 is 21.8 Å². The fourth-order valence-electron chi connectivity index (χ4n) is 2.52. The van der Waals surface area contributed by atoms with Crippen LogP contribution in [0.4, 0.5) is 0 Å². The van der Waals surface area contributed by atoms with Crippen molar-refractivity contribution in [2.75, 3.05) is 13.1 Å². The van der Waals surface area contributed by atoms with Crippen LogP contribution in [0, 0.1) is 17.2 Å². The molecule has 1 aromatic rings. The van der Waals surface area contributed by atoms with Crippen LogP contribution >= 0.6 is 15.9 Å². The Morgan fingerprint density at radius 1 is 1.38 bits per heavy atom. The molecule has 0 saturated carbocycles. The predicted molar refractivity (Wildman–Crippen MR) is 101 cm³/mol. The molecule has 0 aromatic heterocycles. The number of rotatable bonds is 8. The maximum Gasteiger partial charge on any atom is 0.235 e. The molecule has 0 aliphatic rings. The molecule has 0 radical (unpaired) electrons. The van der Waals surface area contributed by atoms with E-state index < -0.39 is 5.54 Å². The van der Waals surface area contributed by atoms with E-state index in [4.69, 9.17) is 0 Å². The van der Waals surface area contributed by atoms with E-state index >= 15 is 0 Å². The lowest BCUT2D eigenvalue weighted by Gasteiger charge is -2.32. The molecule has 1 aromatic carbocycles. The molecule has 0 spiro atoms. The fourth-order valence-corrected chi connectivity index (χ4v) is 3.14. The van der Waals surface area contributed by atoms with E-state index in [2.05, 4.69) is 52.1 Å². The van der Waals surface area contributed by atoms with Crippen LogP contribution in [-0.2, 0) is 4.79 Å². The molecule has 2 atom stereocenters. The van der Waals surface area contributed by atoms with Crippen molar-refractivity contribution in [1.82, 2.24) is 10.2 Å². The minimum absolute atomic E-state index is 0.0479. The van der Waals surface area contributed by atoms with Crippen LogP contribution in [0.5, 0.6) is 0 Å². The highest BCUT2D eigenvalue weighted by molar-refractivity contribution is 9.10. The number of nitrogens with zero attached hydrogens (tertiary/aromatic N) is 2. The quantitative estimate of drug-likeness (QED) is 0.716. The van der Waals surface area contributed by atoms with E-state index in [0.717, 1.165) is 23.0 Å². The summed E-state index contributed by atoms with van der Waals surface area (Å²) in [6, 6.07) is 10.4. The van der Waals surface area contributed by atoms with Gasteiger partial charge in [0.25, 0.3) is 0 Å². The van der Waals surface area contributed by atoms with Gasteiger partial charge in [-0.05, 0) is 44.4 Å². The van der Waals surface area contributed by atoms with Crippen LogP contribution in [-0.4, -0.2) is 29.4 Å². The third-order valence-electron chi connectivity index (χ3n) is 4.55. The van der Waals surface area contributed by atoms with E-state index in [9.17, 15) is 10.1 Å². The smallest absolute Gasteiger partial charge is 0.235 e. The Labute approximate surface area is 154 Å². The molecule has 1 N–H and O–H groups in total. The average Bonchev–Trinajstić information content (AvgIpc) is 2.53. The molecule has 5 heteroatoms. The third kappa shape index (κ3) is 5.32. The third-order valence-corrected chi connectivity index (χ3v) is 5.27. The first-order chi connectivity index (χ1) is 11.2. The van der Waals surface area contributed by atoms with Crippen molar-refractivity contribution < 1.29 is 4.79 Å². The fraction of sp³-hybridized carbons (Fsp3) is 0.579. The van der Waals surface area contributed by atoms with Crippen LogP contribution < -0.4 is 5.32 Å². The van der Waals surface area contributed by atoms with Crippen molar-refractivity contribution in [3.63, 3.8) is 0 Å². The Kier molecular flexibility index (Phi) is 7.92. The summed E-state index contributed by atoms with van der Waals surface area (Å²) < 4.78 is 1.04. The molecule has 4 nitrogen and oxygen atoms in total. The largest absolute Gasteiger partial charge is 0.337 e. The molecule has 0 aliphatic carbocycles. The Morgan fingerprint density at radius 3 is 2.50 bits per heavy atom. The number of amides is 1. The molecule has 0 bridgehead atoms. The van der Waals surface area contributed by atoms with Gasteiger partial charge in [0.2, 0.25) is 5.91 Å². The Balaban J connectivity index is 2.88. The second-order valence-electron chi connectivity index (χ2n) is 6.68. The summed E-state index contributed by atoms with van der Waals surface area (Å²) in [6.45, 7) is 11.0. The number of hydrogen-bond donors (Lipinski definition) is 1. The zero-order chi connectivity index (χ0) is 18.3. The summed E-state index contributed by atoms with van der Waals surface area (Å²) in [5, 5.41) is 12.3. The van der Waals surface area contributed by atoms with E-state index in [1.54, 1.807) is 6.92 Å². The van der Waals surface area contributed by atoms with Crippen molar-refractivity contribution in [2.24, 2.45) is 5.92 Å². The molecule has 0 fully saturated rings. The molecule has 132 valence electrons. The van der Waals surface area contributed by atoms with Gasteiger partial charge < -0.3 is 5.32 Å². The molecule has 0 heterocycles. The number of hydrogen-bond acceptors (Lipinski definition) is 3. The van der Waals surface area contributed by atoms with Gasteiger partial charge in [-0.1, -0.05) is 54.9 Å². The first-order valence-corrected chi connectivity index (χ1v) is 9.25. The van der Waals surface area contributed by atoms with E-state index in [1.165, 1.54) is 0 Å². The van der Waals surface area contributed by atoms with Gasteiger partial charge in [0.05, 0.1) is 12.6 Å². The van der Waals surface area contributed by atoms with Gasteiger partial charge in [-0.2, -0.15) is 5.26 Å². The zero-order valence-corrected chi connectivity index (χ0v) is 16.9. The highest BCUT2D eigenvalue weighted by atomic mass is 79.9. The topological polar surface area (TPSA) is 56.1 Å². The standard InChI is InChI=1S/C19H28BrN3O/c1-6-11-23(15(4)16-9-7-8-10-17(16)20)12-18(24)22-19(5,13-21)14(2)3/h7-10,14-15H,6,11-12H2,1-5H3,(H,22,24). The average molecular weight is 394 g/mol. The SMILES string of the molecule is CCCN(CC(=O)NC(C)(C#N)C(C)C)C(C)c1ccccc1Br. The maximum absolute atomic E-state index is 12.5. The normalized spacial score (nSPS) is 15.0. The summed E-state index contributed by atoms with van der Waals surface area (Å²) in [4.78, 5) is 14.7. The molecule has 0 saturated heterocycles. The van der Waals surface area contributed by atoms with Crippen LogP contribution in [0.3, 0.4) is 0 Å². The van der Waals surface area contributed by atoms with E-state index in [-0.39, 0.29) is 24.4 Å². The van der Waals surface area contributed by atoms with Crippen molar-refractivity contribution in [1.29, 1.82) is 5.26 Å². The maximum atomic E-state index is 12.5. The summed E-state index contributed by atoms with van der Waals surface area (Å²) in [6.07, 6.45) is 0.960. The molecular weight excluding hydrogens is 366 g/mol. The highest BCUT2D eigenvalue weighted by Gasteiger charge is 2.31. The Bertz CT molecular complexity index is 597. The van der Waals surface area contributed by atoms with Gasteiger partial charge >= 0.3 is 0 Å². The first-order valence-electron chi connectivity index (χ1n) is 8.45. The molecule has 0 aliphatic heterocycles. The Morgan fingerprint density at radius 2 is 2.00 bits per heavy atom. The highest BCUT2D eigenvalue weighted by Crippen LogP contribution is 2.27. The molecule has 24 heavy (non-hydrogen) atoms. The lowest BCUT2D eigenvalue weighted by atomic mass is 9.90. The van der Waals surface area contributed by atoms with Gasteiger partial charge in [0.1, 0.15) is 5.54 Å². The predicted octanol–water partition coefficient (Wildman–Crippen LogP) is 4.28. The van der Waals surface area contributed by atoms with Crippen LogP contribution in [0.1, 0.15) is 52.6 Å². The molecule has 2 unspecified atom stereocenters. The summed E-state index contributed by atoms with van der Waals surface area (Å²) in [5.41, 5.74) is 0.316. The number of nitriles is 1. The van der Waals surface area contributed by atoms with E-state index in [0.29, 0.717) is 0 Å². The van der Waals surface area contributed by atoms with Crippen molar-refractivity contribution in [3.8, 4) is 6.07 Å². The van der Waals surface area contributed by atoms with Gasteiger partial charge in [0.15, 0.2) is 0 Å². The second-order valence-corrected chi connectivity index (χ2v) is 7.54. The van der Waals surface area contributed by atoms with Gasteiger partial charge in [-0.15, -0.1) is 0 Å². The lowest BCUT2D eigenvalue weighted by Crippen LogP contribution is -2.52. The minimum Gasteiger partial charge on any atom is -0.337 e. The van der Waals surface area contributed by atoms with Crippen LogP contribution in [0.25, 0.3) is 0 Å². The first kappa shape index (κ1) is 20.7. The Hall–Kier alpha value is -1.38. The van der Waals surface area contributed by atoms with Crippen LogP contribution in [0.15, 0.2) is 28.7 Å². The number of carbonyl (C=O) groups is 1. The molecular formula is C19H28BrN3O. The number of halogens is 1. The van der Waals surface area contributed by atoms with E-state index in [1.807, 2.05) is 32.0 Å². The van der Waals surface area contributed by atoms with Crippen molar-refractivity contribution in [2.45, 2.75) is 52.6 Å².